The fourth-order valence-corrected chi connectivity index (χ4v) is 3.93. The van der Waals surface area contributed by atoms with Crippen LogP contribution in [0.1, 0.15) is 32.7 Å². The van der Waals surface area contributed by atoms with E-state index in [1.807, 2.05) is 42.8 Å². The van der Waals surface area contributed by atoms with E-state index in [0.717, 1.165) is 22.3 Å². The molecule has 0 radical (unpaired) electrons. The van der Waals surface area contributed by atoms with E-state index in [0.29, 0.717) is 24.3 Å². The quantitative estimate of drug-likeness (QED) is 0.433. The van der Waals surface area contributed by atoms with Crippen molar-refractivity contribution in [1.82, 2.24) is 19.9 Å². The van der Waals surface area contributed by atoms with Gasteiger partial charge in [0.05, 0.1) is 17.0 Å². The van der Waals surface area contributed by atoms with Crippen LogP contribution in [0.15, 0.2) is 67.3 Å². The molecule has 0 unspecified atom stereocenters. The first-order valence-corrected chi connectivity index (χ1v) is 10.5. The molecule has 0 aliphatic carbocycles. The van der Waals surface area contributed by atoms with Gasteiger partial charge in [0, 0.05) is 31.0 Å². The Bertz CT molecular complexity index is 1250. The van der Waals surface area contributed by atoms with E-state index in [2.05, 4.69) is 21.4 Å². The van der Waals surface area contributed by atoms with E-state index in [1.54, 1.807) is 24.7 Å². The monoisotopic (exact) mass is 448 g/mol. The number of nitrogens with one attached hydrogen (secondary N) is 1. The molecule has 32 heavy (non-hydrogen) atoms. The van der Waals surface area contributed by atoms with Crippen LogP contribution in [0.3, 0.4) is 0 Å². The summed E-state index contributed by atoms with van der Waals surface area (Å²) in [5.74, 6) is -0.726. The van der Waals surface area contributed by atoms with Crippen molar-refractivity contribution in [3.05, 3.63) is 106 Å². The highest BCUT2D eigenvalue weighted by Gasteiger charge is 2.14. The van der Waals surface area contributed by atoms with Gasteiger partial charge in [-0.05, 0) is 55.3 Å². The summed E-state index contributed by atoms with van der Waals surface area (Å²) < 4.78 is 15.4. The number of pyridine rings is 1. The Morgan fingerprint density at radius 3 is 2.53 bits per heavy atom. The lowest BCUT2D eigenvalue weighted by molar-refractivity contribution is 0.0946. The molecule has 2 heterocycles. The second-order valence-electron chi connectivity index (χ2n) is 7.78. The summed E-state index contributed by atoms with van der Waals surface area (Å²) >= 11 is 6.27. The van der Waals surface area contributed by atoms with Gasteiger partial charge in [0.1, 0.15) is 11.5 Å². The number of carbonyl (C=O) groups excluding carboxylic acids is 1. The van der Waals surface area contributed by atoms with E-state index < -0.39 is 5.82 Å². The van der Waals surface area contributed by atoms with Gasteiger partial charge in [-0.15, -0.1) is 0 Å². The number of rotatable bonds is 6. The second-order valence-corrected chi connectivity index (χ2v) is 8.19. The van der Waals surface area contributed by atoms with Crippen LogP contribution in [0.2, 0.25) is 5.02 Å². The predicted octanol–water partition coefficient (Wildman–Crippen LogP) is 5.33. The molecule has 162 valence electrons. The van der Waals surface area contributed by atoms with Crippen LogP contribution in [-0.4, -0.2) is 20.4 Å². The van der Waals surface area contributed by atoms with Crippen molar-refractivity contribution >= 4 is 17.5 Å². The molecule has 0 saturated carbocycles. The number of aryl methyl sites for hydroxylation is 2. The highest BCUT2D eigenvalue weighted by Crippen LogP contribution is 2.28. The van der Waals surface area contributed by atoms with Gasteiger partial charge in [-0.25, -0.2) is 14.4 Å². The van der Waals surface area contributed by atoms with Gasteiger partial charge in [-0.1, -0.05) is 40.9 Å². The third-order valence-corrected chi connectivity index (χ3v) is 5.30. The molecule has 4 aromatic rings. The molecular formula is C25H22ClFN4O. The standard InChI is InChI=1S/C25H22ClFN4O/c1-16-7-17(2)9-18(8-16)13-29-25(32)24-11-19(14-31-6-5-28-15-31)10-23(30-24)21-4-3-20(27)12-22(21)26/h3-12,15H,13-14H2,1-2H3,(H,29,32). The Balaban J connectivity index is 1.65. The maximum absolute atomic E-state index is 13.5. The highest BCUT2D eigenvalue weighted by atomic mass is 35.5. The average Bonchev–Trinajstić information content (AvgIpc) is 3.24. The SMILES string of the molecule is Cc1cc(C)cc(CNC(=O)c2cc(Cn3ccnc3)cc(-c3ccc(F)cc3Cl)n2)c1. The molecule has 0 atom stereocenters. The summed E-state index contributed by atoms with van der Waals surface area (Å²) in [6.07, 6.45) is 5.23. The lowest BCUT2D eigenvalue weighted by Crippen LogP contribution is -2.24. The van der Waals surface area contributed by atoms with Crippen molar-refractivity contribution in [3.8, 4) is 11.3 Å². The molecule has 0 spiro atoms. The van der Waals surface area contributed by atoms with Crippen LogP contribution in [-0.2, 0) is 13.1 Å². The molecular weight excluding hydrogens is 427 g/mol. The Morgan fingerprint density at radius 2 is 1.84 bits per heavy atom. The minimum Gasteiger partial charge on any atom is -0.347 e. The highest BCUT2D eigenvalue weighted by molar-refractivity contribution is 6.33. The molecule has 0 fully saturated rings. The Hall–Kier alpha value is -3.51. The molecule has 1 N–H and O–H groups in total. The zero-order chi connectivity index (χ0) is 22.7. The molecule has 2 aromatic carbocycles. The first-order chi connectivity index (χ1) is 15.4. The summed E-state index contributed by atoms with van der Waals surface area (Å²) in [4.78, 5) is 21.6. The number of benzene rings is 2. The average molecular weight is 449 g/mol. The van der Waals surface area contributed by atoms with Crippen molar-refractivity contribution < 1.29 is 9.18 Å². The third kappa shape index (κ3) is 5.21. The minimum absolute atomic E-state index is 0.235. The van der Waals surface area contributed by atoms with Crippen LogP contribution in [0.4, 0.5) is 4.39 Å². The number of carbonyl (C=O) groups is 1. The third-order valence-electron chi connectivity index (χ3n) is 4.98. The van der Waals surface area contributed by atoms with Crippen LogP contribution in [0, 0.1) is 19.7 Å². The first kappa shape index (κ1) is 21.7. The first-order valence-electron chi connectivity index (χ1n) is 10.1. The fourth-order valence-electron chi connectivity index (χ4n) is 3.67. The maximum Gasteiger partial charge on any atom is 0.270 e. The summed E-state index contributed by atoms with van der Waals surface area (Å²) in [5, 5.41) is 3.18. The smallest absolute Gasteiger partial charge is 0.270 e. The summed E-state index contributed by atoms with van der Waals surface area (Å²) in [5.41, 5.74) is 5.48. The second kappa shape index (κ2) is 9.32. The van der Waals surface area contributed by atoms with Gasteiger partial charge < -0.3 is 9.88 Å². The van der Waals surface area contributed by atoms with Crippen LogP contribution >= 0.6 is 11.6 Å². The van der Waals surface area contributed by atoms with E-state index in [-0.39, 0.29) is 16.6 Å². The Morgan fingerprint density at radius 1 is 1.06 bits per heavy atom. The van der Waals surface area contributed by atoms with E-state index in [9.17, 15) is 9.18 Å². The van der Waals surface area contributed by atoms with Gasteiger partial charge in [0.2, 0.25) is 0 Å². The van der Waals surface area contributed by atoms with Gasteiger partial charge in [-0.3, -0.25) is 4.79 Å². The van der Waals surface area contributed by atoms with Crippen molar-refractivity contribution in [2.45, 2.75) is 26.9 Å². The molecule has 0 bridgehead atoms. The number of hydrogen-bond acceptors (Lipinski definition) is 3. The summed E-state index contributed by atoms with van der Waals surface area (Å²) in [6.45, 7) is 4.95. The maximum atomic E-state index is 13.5. The van der Waals surface area contributed by atoms with Crippen LogP contribution in [0.25, 0.3) is 11.3 Å². The lowest BCUT2D eigenvalue weighted by Gasteiger charge is -2.12. The van der Waals surface area contributed by atoms with Crippen molar-refractivity contribution in [2.24, 2.45) is 0 Å². The normalized spacial score (nSPS) is 10.9. The van der Waals surface area contributed by atoms with Gasteiger partial charge in [-0.2, -0.15) is 0 Å². The minimum atomic E-state index is -0.431. The number of aromatic nitrogens is 3. The van der Waals surface area contributed by atoms with Crippen molar-refractivity contribution in [3.63, 3.8) is 0 Å². The number of amides is 1. The molecule has 4 rings (SSSR count). The van der Waals surface area contributed by atoms with E-state index in [1.165, 1.54) is 12.1 Å². The molecule has 5 nitrogen and oxygen atoms in total. The molecule has 1 amide bonds. The zero-order valence-corrected chi connectivity index (χ0v) is 18.5. The number of halogens is 2. The van der Waals surface area contributed by atoms with E-state index >= 15 is 0 Å². The van der Waals surface area contributed by atoms with Gasteiger partial charge in [0.25, 0.3) is 5.91 Å². The van der Waals surface area contributed by atoms with Crippen LogP contribution < -0.4 is 5.32 Å². The summed E-state index contributed by atoms with van der Waals surface area (Å²) in [7, 11) is 0. The molecule has 0 aliphatic rings. The van der Waals surface area contributed by atoms with Gasteiger partial charge >= 0.3 is 0 Å². The van der Waals surface area contributed by atoms with Crippen molar-refractivity contribution in [1.29, 1.82) is 0 Å². The molecule has 0 saturated heterocycles. The van der Waals surface area contributed by atoms with Crippen molar-refractivity contribution in [2.75, 3.05) is 0 Å². The topological polar surface area (TPSA) is 59.8 Å². The number of hydrogen-bond donors (Lipinski definition) is 1. The number of nitrogens with zero attached hydrogens (tertiary/aromatic N) is 3. The molecule has 2 aromatic heterocycles. The molecule has 0 aliphatic heterocycles. The zero-order valence-electron chi connectivity index (χ0n) is 17.8. The van der Waals surface area contributed by atoms with E-state index in [4.69, 9.17) is 11.6 Å². The van der Waals surface area contributed by atoms with Gasteiger partial charge in [0.15, 0.2) is 0 Å². The number of imidazole rings is 1. The summed E-state index contributed by atoms with van der Waals surface area (Å²) in [6, 6.07) is 13.9. The largest absolute Gasteiger partial charge is 0.347 e. The van der Waals surface area contributed by atoms with Crippen LogP contribution in [0.5, 0.6) is 0 Å². The molecule has 7 heteroatoms. The predicted molar refractivity (Wildman–Crippen MR) is 123 cm³/mol. The Kier molecular flexibility index (Phi) is 6.32. The Labute approximate surface area is 190 Å². The lowest BCUT2D eigenvalue weighted by atomic mass is 10.1. The fraction of sp³-hybridized carbons (Fsp3) is 0.160.